The molecule has 2 aromatic carbocycles. The first-order valence-electron chi connectivity index (χ1n) is 6.32. The number of hydrogen-bond acceptors (Lipinski definition) is 1. The Morgan fingerprint density at radius 2 is 2.05 bits per heavy atom. The summed E-state index contributed by atoms with van der Waals surface area (Å²) in [5.41, 5.74) is 2.72. The number of halogens is 1. The van der Waals surface area contributed by atoms with Gasteiger partial charge in [-0.25, -0.2) is 0 Å². The molecule has 0 saturated heterocycles. The zero-order valence-electron chi connectivity index (χ0n) is 10.7. The number of nitrogens with one attached hydrogen (secondary N) is 2. The predicted octanol–water partition coefficient (Wildman–Crippen LogP) is 4.00. The van der Waals surface area contributed by atoms with Crippen molar-refractivity contribution in [3.8, 4) is 0 Å². The van der Waals surface area contributed by atoms with Crippen molar-refractivity contribution in [1.82, 2.24) is 4.98 Å². The molecule has 4 heteroatoms. The van der Waals surface area contributed by atoms with Crippen LogP contribution < -0.4 is 5.32 Å². The molecule has 3 rings (SSSR count). The number of benzene rings is 2. The van der Waals surface area contributed by atoms with Gasteiger partial charge >= 0.3 is 0 Å². The summed E-state index contributed by atoms with van der Waals surface area (Å²) in [4.78, 5) is 15.1. The van der Waals surface area contributed by atoms with Crippen LogP contribution in [-0.2, 0) is 11.2 Å². The van der Waals surface area contributed by atoms with Gasteiger partial charge in [0.05, 0.1) is 6.42 Å². The van der Waals surface area contributed by atoms with E-state index in [0.29, 0.717) is 17.1 Å². The highest BCUT2D eigenvalue weighted by atomic mass is 35.5. The molecule has 1 heterocycles. The summed E-state index contributed by atoms with van der Waals surface area (Å²) in [5.74, 6) is -0.0572. The van der Waals surface area contributed by atoms with Crippen LogP contribution in [0.15, 0.2) is 54.7 Å². The number of aromatic nitrogens is 1. The quantitative estimate of drug-likeness (QED) is 0.750. The summed E-state index contributed by atoms with van der Waals surface area (Å²) in [6.07, 6.45) is 2.22. The van der Waals surface area contributed by atoms with Gasteiger partial charge in [0.1, 0.15) is 0 Å². The summed E-state index contributed by atoms with van der Waals surface area (Å²) in [6.45, 7) is 0. The van der Waals surface area contributed by atoms with Crippen molar-refractivity contribution in [2.24, 2.45) is 0 Å². The minimum absolute atomic E-state index is 0.0572. The maximum atomic E-state index is 12.0. The molecule has 0 fully saturated rings. The van der Waals surface area contributed by atoms with Crippen LogP contribution in [0.1, 0.15) is 5.56 Å². The van der Waals surface area contributed by atoms with Crippen molar-refractivity contribution in [2.75, 3.05) is 5.32 Å². The molecule has 0 bridgehead atoms. The van der Waals surface area contributed by atoms with Crippen molar-refractivity contribution in [3.05, 3.63) is 65.3 Å². The molecule has 0 spiro atoms. The van der Waals surface area contributed by atoms with Crippen molar-refractivity contribution in [2.45, 2.75) is 6.42 Å². The van der Waals surface area contributed by atoms with Crippen LogP contribution in [0.5, 0.6) is 0 Å². The average molecular weight is 285 g/mol. The van der Waals surface area contributed by atoms with Crippen LogP contribution in [0.2, 0.25) is 5.02 Å². The Kier molecular flexibility index (Phi) is 3.44. The first kappa shape index (κ1) is 12.8. The average Bonchev–Trinajstić information content (AvgIpc) is 2.86. The SMILES string of the molecule is O=C(Cc1ccc2cc[nH]c2c1)Nc1cccc(Cl)c1. The van der Waals surface area contributed by atoms with Crippen molar-refractivity contribution in [3.63, 3.8) is 0 Å². The highest BCUT2D eigenvalue weighted by Crippen LogP contribution is 2.17. The number of carbonyl (C=O) groups excluding carboxylic acids is 1. The maximum absolute atomic E-state index is 12.0. The Hall–Kier alpha value is -2.26. The van der Waals surface area contributed by atoms with E-state index in [1.165, 1.54) is 0 Å². The molecule has 3 aromatic rings. The number of carbonyl (C=O) groups is 1. The second kappa shape index (κ2) is 5.39. The van der Waals surface area contributed by atoms with Gasteiger partial charge in [0, 0.05) is 22.4 Å². The molecule has 3 nitrogen and oxygen atoms in total. The monoisotopic (exact) mass is 284 g/mol. The van der Waals surface area contributed by atoms with Crippen LogP contribution in [0.4, 0.5) is 5.69 Å². The largest absolute Gasteiger partial charge is 0.361 e. The number of anilines is 1. The molecule has 100 valence electrons. The van der Waals surface area contributed by atoms with Gasteiger partial charge in [0.2, 0.25) is 5.91 Å². The smallest absolute Gasteiger partial charge is 0.228 e. The minimum atomic E-state index is -0.0572. The predicted molar refractivity (Wildman–Crippen MR) is 82.1 cm³/mol. The molecule has 1 aromatic heterocycles. The van der Waals surface area contributed by atoms with E-state index in [0.717, 1.165) is 16.5 Å². The lowest BCUT2D eigenvalue weighted by Gasteiger charge is -2.06. The number of rotatable bonds is 3. The second-order valence-corrected chi connectivity index (χ2v) is 5.07. The molecule has 0 saturated carbocycles. The van der Waals surface area contributed by atoms with Crippen molar-refractivity contribution < 1.29 is 4.79 Å². The summed E-state index contributed by atoms with van der Waals surface area (Å²) in [7, 11) is 0. The van der Waals surface area contributed by atoms with Crippen molar-refractivity contribution in [1.29, 1.82) is 0 Å². The fraction of sp³-hybridized carbons (Fsp3) is 0.0625. The van der Waals surface area contributed by atoms with E-state index in [4.69, 9.17) is 11.6 Å². The van der Waals surface area contributed by atoms with E-state index >= 15 is 0 Å². The fourth-order valence-corrected chi connectivity index (χ4v) is 2.35. The standard InChI is InChI=1S/C16H13ClN2O/c17-13-2-1-3-14(10-13)19-16(20)9-11-4-5-12-6-7-18-15(12)8-11/h1-8,10,18H,9H2,(H,19,20). The van der Waals surface area contributed by atoms with Crippen LogP contribution in [-0.4, -0.2) is 10.9 Å². The third-order valence-corrected chi connectivity index (χ3v) is 3.33. The molecule has 1 amide bonds. The minimum Gasteiger partial charge on any atom is -0.361 e. The van der Waals surface area contributed by atoms with E-state index in [9.17, 15) is 4.79 Å². The highest BCUT2D eigenvalue weighted by molar-refractivity contribution is 6.30. The Morgan fingerprint density at radius 1 is 1.15 bits per heavy atom. The van der Waals surface area contributed by atoms with E-state index < -0.39 is 0 Å². The third-order valence-electron chi connectivity index (χ3n) is 3.09. The zero-order chi connectivity index (χ0) is 13.9. The normalized spacial score (nSPS) is 10.7. The summed E-state index contributed by atoms with van der Waals surface area (Å²) in [5, 5.41) is 4.59. The van der Waals surface area contributed by atoms with Gasteiger partial charge in [-0.2, -0.15) is 0 Å². The Labute approximate surface area is 121 Å². The van der Waals surface area contributed by atoms with Gasteiger partial charge in [-0.1, -0.05) is 29.8 Å². The van der Waals surface area contributed by atoms with E-state index in [2.05, 4.69) is 10.3 Å². The maximum Gasteiger partial charge on any atom is 0.228 e. The number of aromatic amines is 1. The summed E-state index contributed by atoms with van der Waals surface area (Å²) >= 11 is 5.89. The van der Waals surface area contributed by atoms with Crippen LogP contribution in [0.3, 0.4) is 0 Å². The first-order chi connectivity index (χ1) is 9.70. The zero-order valence-corrected chi connectivity index (χ0v) is 11.4. The molecule has 0 unspecified atom stereocenters. The van der Waals surface area contributed by atoms with E-state index in [1.54, 1.807) is 12.1 Å². The molecule has 0 aliphatic heterocycles. The molecular formula is C16H13ClN2O. The number of fused-ring (bicyclic) bond motifs is 1. The fourth-order valence-electron chi connectivity index (χ4n) is 2.16. The van der Waals surface area contributed by atoms with Crippen LogP contribution >= 0.6 is 11.6 Å². The molecule has 20 heavy (non-hydrogen) atoms. The topological polar surface area (TPSA) is 44.9 Å². The Bertz CT molecular complexity index is 764. The van der Waals surface area contributed by atoms with E-state index in [-0.39, 0.29) is 5.91 Å². The second-order valence-electron chi connectivity index (χ2n) is 4.63. The molecule has 2 N–H and O–H groups in total. The van der Waals surface area contributed by atoms with Gasteiger partial charge in [-0.15, -0.1) is 0 Å². The van der Waals surface area contributed by atoms with Gasteiger partial charge in [0.25, 0.3) is 0 Å². The van der Waals surface area contributed by atoms with E-state index in [1.807, 2.05) is 42.6 Å². The van der Waals surface area contributed by atoms with Gasteiger partial charge in [-0.05, 0) is 41.3 Å². The molecule has 0 radical (unpaired) electrons. The molecule has 0 aliphatic rings. The molecular weight excluding hydrogens is 272 g/mol. The van der Waals surface area contributed by atoms with Crippen LogP contribution in [0.25, 0.3) is 10.9 Å². The van der Waals surface area contributed by atoms with Crippen LogP contribution in [0, 0.1) is 0 Å². The highest BCUT2D eigenvalue weighted by Gasteiger charge is 2.05. The lowest BCUT2D eigenvalue weighted by Crippen LogP contribution is -2.14. The summed E-state index contributed by atoms with van der Waals surface area (Å²) < 4.78 is 0. The Morgan fingerprint density at radius 3 is 2.90 bits per heavy atom. The van der Waals surface area contributed by atoms with Crippen molar-refractivity contribution >= 4 is 34.1 Å². The van der Waals surface area contributed by atoms with Gasteiger partial charge in [-0.3, -0.25) is 4.79 Å². The number of amides is 1. The van der Waals surface area contributed by atoms with Gasteiger partial charge < -0.3 is 10.3 Å². The Balaban J connectivity index is 1.72. The molecule has 0 atom stereocenters. The number of hydrogen-bond donors (Lipinski definition) is 2. The third kappa shape index (κ3) is 2.83. The lowest BCUT2D eigenvalue weighted by atomic mass is 10.1. The van der Waals surface area contributed by atoms with Gasteiger partial charge in [0.15, 0.2) is 0 Å². The summed E-state index contributed by atoms with van der Waals surface area (Å²) in [6, 6.07) is 15.1. The molecule has 0 aliphatic carbocycles. The number of H-pyrrole nitrogens is 1. The first-order valence-corrected chi connectivity index (χ1v) is 6.70. The lowest BCUT2D eigenvalue weighted by molar-refractivity contribution is -0.115.